The molecule has 0 saturated heterocycles. The van der Waals surface area contributed by atoms with Crippen molar-refractivity contribution in [1.82, 2.24) is 15.8 Å². The number of hydrogen-bond acceptors (Lipinski definition) is 6. The summed E-state index contributed by atoms with van der Waals surface area (Å²) in [5.74, 6) is -0.354. The van der Waals surface area contributed by atoms with Crippen LogP contribution >= 0.6 is 38.6 Å². The molecule has 2 heterocycles. The topological polar surface area (TPSA) is 80.3 Å². The molecule has 6 nitrogen and oxygen atoms in total. The standard InChI is InChI=1S/C12H12BrN3O3S2/c1-2-19-12(18)16-15-10(17)4-8-6-21-11(14-8)9-3-7(13)5-20-9/h3,5-6H,2,4H2,1H3,(H,15,17)(H,16,18). The third-order valence-corrected chi connectivity index (χ3v) is 5.00. The van der Waals surface area contributed by atoms with E-state index in [0.717, 1.165) is 14.4 Å². The van der Waals surface area contributed by atoms with E-state index >= 15 is 0 Å². The molecule has 2 N–H and O–H groups in total. The van der Waals surface area contributed by atoms with E-state index in [1.165, 1.54) is 11.3 Å². The van der Waals surface area contributed by atoms with Crippen LogP contribution in [0.1, 0.15) is 12.6 Å². The zero-order valence-corrected chi connectivity index (χ0v) is 14.2. The maximum atomic E-state index is 11.6. The van der Waals surface area contributed by atoms with Crippen LogP contribution in [0.4, 0.5) is 4.79 Å². The number of aromatic nitrogens is 1. The molecule has 9 heteroatoms. The summed E-state index contributed by atoms with van der Waals surface area (Å²) < 4.78 is 5.64. The van der Waals surface area contributed by atoms with E-state index in [9.17, 15) is 9.59 Å². The number of rotatable bonds is 4. The Hall–Kier alpha value is -1.45. The lowest BCUT2D eigenvalue weighted by molar-refractivity contribution is -0.121. The van der Waals surface area contributed by atoms with Crippen molar-refractivity contribution in [2.45, 2.75) is 13.3 Å². The monoisotopic (exact) mass is 389 g/mol. The van der Waals surface area contributed by atoms with Crippen molar-refractivity contribution < 1.29 is 14.3 Å². The van der Waals surface area contributed by atoms with Crippen LogP contribution in [-0.4, -0.2) is 23.6 Å². The van der Waals surface area contributed by atoms with Gasteiger partial charge in [-0.15, -0.1) is 22.7 Å². The van der Waals surface area contributed by atoms with E-state index in [-0.39, 0.29) is 18.9 Å². The summed E-state index contributed by atoms with van der Waals surface area (Å²) in [5.41, 5.74) is 5.08. The van der Waals surface area contributed by atoms with Crippen LogP contribution in [-0.2, 0) is 16.0 Å². The first-order valence-electron chi connectivity index (χ1n) is 5.99. The number of amides is 2. The maximum absolute atomic E-state index is 11.6. The lowest BCUT2D eigenvalue weighted by Crippen LogP contribution is -2.42. The second-order valence-corrected chi connectivity index (χ2v) is 6.53. The Morgan fingerprint density at radius 1 is 1.33 bits per heavy atom. The number of hydrazine groups is 1. The van der Waals surface area contributed by atoms with Crippen LogP contribution in [0, 0.1) is 0 Å². The molecule has 0 saturated carbocycles. The lowest BCUT2D eigenvalue weighted by Gasteiger charge is -2.05. The zero-order valence-electron chi connectivity index (χ0n) is 11.0. The number of carbonyl (C=O) groups is 2. The zero-order chi connectivity index (χ0) is 15.2. The fourth-order valence-electron chi connectivity index (χ4n) is 1.42. The molecular weight excluding hydrogens is 378 g/mol. The van der Waals surface area contributed by atoms with Gasteiger partial charge in [-0.25, -0.2) is 15.2 Å². The van der Waals surface area contributed by atoms with Gasteiger partial charge in [-0.05, 0) is 28.9 Å². The molecule has 0 unspecified atom stereocenters. The number of ether oxygens (including phenoxy) is 1. The molecule has 2 aromatic rings. The highest BCUT2D eigenvalue weighted by Gasteiger charge is 2.11. The number of carbonyl (C=O) groups excluding carboxylic acids is 2. The molecule has 112 valence electrons. The van der Waals surface area contributed by atoms with Gasteiger partial charge in [0.25, 0.3) is 0 Å². The van der Waals surface area contributed by atoms with E-state index in [0.29, 0.717) is 5.69 Å². The highest BCUT2D eigenvalue weighted by atomic mass is 79.9. The SMILES string of the molecule is CCOC(=O)NNC(=O)Cc1csc(-c2cc(Br)cs2)n1. The summed E-state index contributed by atoms with van der Waals surface area (Å²) >= 11 is 6.45. The van der Waals surface area contributed by atoms with Crippen LogP contribution in [0.2, 0.25) is 0 Å². The number of halogens is 1. The first-order chi connectivity index (χ1) is 10.1. The first-order valence-corrected chi connectivity index (χ1v) is 8.54. The minimum absolute atomic E-state index is 0.0927. The molecule has 2 rings (SSSR count). The highest BCUT2D eigenvalue weighted by molar-refractivity contribution is 9.10. The number of nitrogens with one attached hydrogen (secondary N) is 2. The summed E-state index contributed by atoms with van der Waals surface area (Å²) in [5, 5.41) is 4.67. The quantitative estimate of drug-likeness (QED) is 0.787. The van der Waals surface area contributed by atoms with E-state index in [1.807, 2.05) is 16.8 Å². The number of thiazole rings is 1. The Bertz CT molecular complexity index is 641. The van der Waals surface area contributed by atoms with Gasteiger partial charge in [-0.3, -0.25) is 10.2 Å². The van der Waals surface area contributed by atoms with Gasteiger partial charge in [0.15, 0.2) is 0 Å². The molecule has 21 heavy (non-hydrogen) atoms. The number of hydrogen-bond donors (Lipinski definition) is 2. The minimum atomic E-state index is -0.687. The summed E-state index contributed by atoms with van der Waals surface area (Å²) in [4.78, 5) is 28.1. The van der Waals surface area contributed by atoms with Gasteiger partial charge in [0.2, 0.25) is 5.91 Å². The van der Waals surface area contributed by atoms with E-state index in [2.05, 4.69) is 36.5 Å². The molecule has 2 amide bonds. The summed E-state index contributed by atoms with van der Waals surface area (Å²) in [6.45, 7) is 1.93. The lowest BCUT2D eigenvalue weighted by atomic mass is 10.3. The highest BCUT2D eigenvalue weighted by Crippen LogP contribution is 2.31. The Morgan fingerprint density at radius 3 is 2.81 bits per heavy atom. The molecular formula is C12H12BrN3O3S2. The van der Waals surface area contributed by atoms with Crippen molar-refractivity contribution in [3.8, 4) is 9.88 Å². The number of thiophene rings is 1. The van der Waals surface area contributed by atoms with Crippen LogP contribution < -0.4 is 10.9 Å². The minimum Gasteiger partial charge on any atom is -0.449 e. The molecule has 0 bridgehead atoms. The Morgan fingerprint density at radius 2 is 2.14 bits per heavy atom. The third-order valence-electron chi connectivity index (χ3n) is 2.25. The van der Waals surface area contributed by atoms with Gasteiger partial charge in [-0.2, -0.15) is 0 Å². The van der Waals surface area contributed by atoms with Crippen molar-refractivity contribution in [1.29, 1.82) is 0 Å². The van der Waals surface area contributed by atoms with Gasteiger partial charge in [0, 0.05) is 15.2 Å². The third kappa shape index (κ3) is 4.80. The van der Waals surface area contributed by atoms with Crippen molar-refractivity contribution in [3.05, 3.63) is 27.0 Å². The fourth-order valence-corrected chi connectivity index (χ4v) is 3.75. The second-order valence-electron chi connectivity index (χ2n) is 3.84. The maximum Gasteiger partial charge on any atom is 0.426 e. The van der Waals surface area contributed by atoms with Gasteiger partial charge < -0.3 is 4.74 Å². The summed E-state index contributed by atoms with van der Waals surface area (Å²) in [6.07, 6.45) is -0.594. The average molecular weight is 390 g/mol. The Labute approximate surface area is 137 Å². The normalized spacial score (nSPS) is 10.2. The van der Waals surface area contributed by atoms with E-state index in [1.54, 1.807) is 18.3 Å². The molecule has 0 spiro atoms. The molecule has 0 aliphatic heterocycles. The molecule has 0 fully saturated rings. The fraction of sp³-hybridized carbons (Fsp3) is 0.250. The predicted molar refractivity (Wildman–Crippen MR) is 85.1 cm³/mol. The molecule has 2 aromatic heterocycles. The van der Waals surface area contributed by atoms with Gasteiger partial charge in [-0.1, -0.05) is 0 Å². The predicted octanol–water partition coefficient (Wildman–Crippen LogP) is 2.95. The molecule has 0 aromatic carbocycles. The van der Waals surface area contributed by atoms with Crippen molar-refractivity contribution in [2.75, 3.05) is 6.61 Å². The van der Waals surface area contributed by atoms with Crippen molar-refractivity contribution >= 4 is 50.6 Å². The van der Waals surface area contributed by atoms with Crippen molar-refractivity contribution in [2.24, 2.45) is 0 Å². The molecule has 0 aliphatic rings. The van der Waals surface area contributed by atoms with Gasteiger partial charge in [0.1, 0.15) is 5.01 Å². The van der Waals surface area contributed by atoms with Gasteiger partial charge in [0.05, 0.1) is 23.6 Å². The average Bonchev–Trinajstić information content (AvgIpc) is 3.06. The second kappa shape index (κ2) is 7.53. The van der Waals surface area contributed by atoms with Crippen LogP contribution in [0.5, 0.6) is 0 Å². The molecule has 0 radical (unpaired) electrons. The van der Waals surface area contributed by atoms with E-state index in [4.69, 9.17) is 0 Å². The van der Waals surface area contributed by atoms with Crippen LogP contribution in [0.25, 0.3) is 9.88 Å². The Balaban J connectivity index is 1.87. The Kier molecular flexibility index (Phi) is 5.71. The number of nitrogens with zero attached hydrogens (tertiary/aromatic N) is 1. The smallest absolute Gasteiger partial charge is 0.426 e. The van der Waals surface area contributed by atoms with Crippen molar-refractivity contribution in [3.63, 3.8) is 0 Å². The summed E-state index contributed by atoms with van der Waals surface area (Å²) in [7, 11) is 0. The van der Waals surface area contributed by atoms with Gasteiger partial charge >= 0.3 is 6.09 Å². The first kappa shape index (κ1) is 15.9. The van der Waals surface area contributed by atoms with E-state index < -0.39 is 6.09 Å². The largest absolute Gasteiger partial charge is 0.449 e. The molecule has 0 atom stereocenters. The van der Waals surface area contributed by atoms with Crippen LogP contribution in [0.15, 0.2) is 21.3 Å². The molecule has 0 aliphatic carbocycles. The van der Waals surface area contributed by atoms with Crippen LogP contribution in [0.3, 0.4) is 0 Å². The summed E-state index contributed by atoms with van der Waals surface area (Å²) in [6, 6.07) is 1.98.